The Morgan fingerprint density at radius 3 is 2.53 bits per heavy atom. The van der Waals surface area contributed by atoms with E-state index in [1.165, 1.54) is 12.1 Å². The monoisotopic (exact) mass is 518 g/mol. The molecule has 4 aromatic heterocycles. The number of thiophene rings is 1. The Hall–Kier alpha value is -4.27. The minimum absolute atomic E-state index is 0.0128. The van der Waals surface area contributed by atoms with E-state index in [1.54, 1.807) is 24.7 Å². The summed E-state index contributed by atoms with van der Waals surface area (Å²) in [6.45, 7) is 5.25. The molecule has 15 heteroatoms. The van der Waals surface area contributed by atoms with Crippen molar-refractivity contribution >= 4 is 44.9 Å². The van der Waals surface area contributed by atoms with Gasteiger partial charge in [0.25, 0.3) is 12.3 Å². The summed E-state index contributed by atoms with van der Waals surface area (Å²) >= 11 is 0.778. The molecule has 0 aliphatic carbocycles. The van der Waals surface area contributed by atoms with Crippen molar-refractivity contribution in [2.24, 2.45) is 5.73 Å². The molecule has 0 aliphatic rings. The summed E-state index contributed by atoms with van der Waals surface area (Å²) in [6, 6.07) is 2.41. The SMILES string of the molecule is CCn1cc(-c2cc(C(F)F)nc3sc(C(N)=O)c(NC(=O)Cn4nc([N+](=O)[O-])cc4C)c23)c(C)n1. The predicted molar refractivity (Wildman–Crippen MR) is 127 cm³/mol. The van der Waals surface area contributed by atoms with Gasteiger partial charge in [0, 0.05) is 23.7 Å². The topological polar surface area (TPSA) is 164 Å². The molecule has 36 heavy (non-hydrogen) atoms. The first-order chi connectivity index (χ1) is 17.0. The molecule has 0 atom stereocenters. The van der Waals surface area contributed by atoms with E-state index < -0.39 is 41.2 Å². The summed E-state index contributed by atoms with van der Waals surface area (Å²) in [6.07, 6.45) is -1.20. The van der Waals surface area contributed by atoms with Crippen molar-refractivity contribution in [3.63, 3.8) is 0 Å². The highest BCUT2D eigenvalue weighted by molar-refractivity contribution is 7.21. The first-order valence-electron chi connectivity index (χ1n) is 10.6. The van der Waals surface area contributed by atoms with Crippen LogP contribution in [0, 0.1) is 24.0 Å². The molecule has 12 nitrogen and oxygen atoms in total. The summed E-state index contributed by atoms with van der Waals surface area (Å²) in [4.78, 5) is 39.5. The Balaban J connectivity index is 1.86. The van der Waals surface area contributed by atoms with Gasteiger partial charge in [0.2, 0.25) is 5.91 Å². The lowest BCUT2D eigenvalue weighted by Crippen LogP contribution is -2.22. The Bertz CT molecular complexity index is 1520. The summed E-state index contributed by atoms with van der Waals surface area (Å²) in [7, 11) is 0. The van der Waals surface area contributed by atoms with Gasteiger partial charge in [-0.1, -0.05) is 0 Å². The van der Waals surface area contributed by atoms with Gasteiger partial charge in [0.1, 0.15) is 21.9 Å². The highest BCUT2D eigenvalue weighted by Crippen LogP contribution is 2.43. The van der Waals surface area contributed by atoms with Crippen LogP contribution >= 0.6 is 11.3 Å². The van der Waals surface area contributed by atoms with Gasteiger partial charge in [-0.15, -0.1) is 11.3 Å². The molecule has 0 saturated heterocycles. The number of nitrogens with two attached hydrogens (primary N) is 1. The van der Waals surface area contributed by atoms with Gasteiger partial charge >= 0.3 is 5.82 Å². The molecule has 4 rings (SSSR count). The van der Waals surface area contributed by atoms with Crippen molar-refractivity contribution < 1.29 is 23.3 Å². The van der Waals surface area contributed by atoms with Gasteiger partial charge in [-0.25, -0.2) is 13.8 Å². The van der Waals surface area contributed by atoms with Gasteiger partial charge in [-0.05, 0) is 37.3 Å². The molecular weight excluding hydrogens is 498 g/mol. The van der Waals surface area contributed by atoms with E-state index in [1.807, 2.05) is 6.92 Å². The zero-order valence-electron chi connectivity index (χ0n) is 19.3. The van der Waals surface area contributed by atoms with Crippen LogP contribution in [0.2, 0.25) is 0 Å². The first kappa shape index (κ1) is 24.8. The molecule has 4 heterocycles. The standard InChI is InChI=1S/C21H20F2N8O4S/c1-4-29-7-12(10(3)27-29)11-6-13(19(22)23)25-21-16(11)17(18(36-21)20(24)33)26-15(32)8-30-9(2)5-14(28-30)31(34)35/h5-7,19H,4,8H2,1-3H3,(H2,24,33)(H,26,32). The molecule has 188 valence electrons. The highest BCUT2D eigenvalue weighted by Gasteiger charge is 2.27. The molecule has 0 fully saturated rings. The van der Waals surface area contributed by atoms with Crippen LogP contribution in [0.5, 0.6) is 0 Å². The Morgan fingerprint density at radius 1 is 1.25 bits per heavy atom. The third-order valence-electron chi connectivity index (χ3n) is 5.40. The zero-order chi connectivity index (χ0) is 26.3. The number of primary amides is 1. The number of pyridine rings is 1. The maximum Gasteiger partial charge on any atom is 0.390 e. The number of hydrogen-bond donors (Lipinski definition) is 2. The minimum atomic E-state index is -2.88. The number of fused-ring (bicyclic) bond motifs is 1. The summed E-state index contributed by atoms with van der Waals surface area (Å²) in [5.41, 5.74) is 6.80. The minimum Gasteiger partial charge on any atom is -0.365 e. The van der Waals surface area contributed by atoms with Crippen LogP contribution in [0.25, 0.3) is 21.3 Å². The molecule has 0 aromatic carbocycles. The van der Waals surface area contributed by atoms with E-state index in [9.17, 15) is 28.5 Å². The van der Waals surface area contributed by atoms with Crippen LogP contribution in [-0.2, 0) is 17.9 Å². The average molecular weight is 519 g/mol. The van der Waals surface area contributed by atoms with Crippen LogP contribution < -0.4 is 11.1 Å². The van der Waals surface area contributed by atoms with Crippen LogP contribution in [0.15, 0.2) is 18.3 Å². The van der Waals surface area contributed by atoms with Crippen LogP contribution in [-0.4, -0.2) is 41.3 Å². The number of aryl methyl sites for hydroxylation is 3. The quantitative estimate of drug-likeness (QED) is 0.266. The maximum absolute atomic E-state index is 13.7. The van der Waals surface area contributed by atoms with E-state index >= 15 is 0 Å². The number of carbonyl (C=O) groups excluding carboxylic acids is 2. The van der Waals surface area contributed by atoms with E-state index in [-0.39, 0.29) is 20.8 Å². The molecule has 0 aliphatic heterocycles. The molecule has 2 amide bonds. The number of aromatic nitrogens is 5. The van der Waals surface area contributed by atoms with Crippen molar-refractivity contribution in [2.75, 3.05) is 5.32 Å². The number of nitro groups is 1. The summed E-state index contributed by atoms with van der Waals surface area (Å²) in [5.74, 6) is -1.97. The van der Waals surface area contributed by atoms with Crippen molar-refractivity contribution in [3.05, 3.63) is 50.4 Å². The number of nitrogens with zero attached hydrogens (tertiary/aromatic N) is 6. The fourth-order valence-corrected chi connectivity index (χ4v) is 4.75. The van der Waals surface area contributed by atoms with Crippen LogP contribution in [0.4, 0.5) is 20.3 Å². The lowest BCUT2D eigenvalue weighted by molar-refractivity contribution is -0.389. The fraction of sp³-hybridized carbons (Fsp3) is 0.286. The third-order valence-corrected chi connectivity index (χ3v) is 6.50. The van der Waals surface area contributed by atoms with Crippen LogP contribution in [0.1, 0.15) is 40.1 Å². The zero-order valence-corrected chi connectivity index (χ0v) is 20.1. The van der Waals surface area contributed by atoms with Gasteiger partial charge in [-0.2, -0.15) is 9.78 Å². The smallest absolute Gasteiger partial charge is 0.365 e. The number of amides is 2. The molecule has 3 N–H and O–H groups in total. The number of rotatable bonds is 8. The summed E-state index contributed by atoms with van der Waals surface area (Å²) in [5, 5.41) is 22.0. The van der Waals surface area contributed by atoms with Crippen molar-refractivity contribution in [2.45, 2.75) is 40.3 Å². The number of nitrogens with one attached hydrogen (secondary N) is 1. The molecular formula is C21H20F2N8O4S. The summed E-state index contributed by atoms with van der Waals surface area (Å²) < 4.78 is 30.1. The number of halogens is 2. The van der Waals surface area contributed by atoms with E-state index in [0.29, 0.717) is 29.1 Å². The number of carbonyl (C=O) groups is 2. The van der Waals surface area contributed by atoms with Gasteiger partial charge in [0.05, 0.1) is 28.2 Å². The predicted octanol–water partition coefficient (Wildman–Crippen LogP) is 3.58. The Morgan fingerprint density at radius 2 is 1.97 bits per heavy atom. The van der Waals surface area contributed by atoms with E-state index in [0.717, 1.165) is 16.0 Å². The second-order valence-electron chi connectivity index (χ2n) is 7.84. The van der Waals surface area contributed by atoms with Crippen molar-refractivity contribution in [3.8, 4) is 11.1 Å². The van der Waals surface area contributed by atoms with Gasteiger partial charge in [0.15, 0.2) is 0 Å². The molecule has 0 bridgehead atoms. The molecule has 4 aromatic rings. The largest absolute Gasteiger partial charge is 0.390 e. The van der Waals surface area contributed by atoms with Crippen molar-refractivity contribution in [1.29, 1.82) is 0 Å². The van der Waals surface area contributed by atoms with Gasteiger partial charge < -0.3 is 21.2 Å². The lowest BCUT2D eigenvalue weighted by atomic mass is 10.0. The number of alkyl halides is 2. The number of hydrogen-bond acceptors (Lipinski definition) is 8. The second kappa shape index (κ2) is 9.41. The van der Waals surface area contributed by atoms with E-state index in [4.69, 9.17) is 5.73 Å². The lowest BCUT2D eigenvalue weighted by Gasteiger charge is -2.10. The van der Waals surface area contributed by atoms with Gasteiger partial charge in [-0.3, -0.25) is 14.3 Å². The number of anilines is 1. The average Bonchev–Trinajstić information content (AvgIpc) is 3.48. The molecule has 0 radical (unpaired) electrons. The molecule has 0 spiro atoms. The highest BCUT2D eigenvalue weighted by atomic mass is 32.1. The fourth-order valence-electron chi connectivity index (χ4n) is 3.74. The third kappa shape index (κ3) is 4.51. The van der Waals surface area contributed by atoms with Crippen LogP contribution in [0.3, 0.4) is 0 Å². The Kier molecular flexibility index (Phi) is 6.49. The van der Waals surface area contributed by atoms with Crippen molar-refractivity contribution in [1.82, 2.24) is 24.5 Å². The second-order valence-corrected chi connectivity index (χ2v) is 8.84. The Labute approximate surface area is 205 Å². The first-order valence-corrected chi connectivity index (χ1v) is 11.4. The molecule has 0 saturated carbocycles. The normalized spacial score (nSPS) is 11.4. The maximum atomic E-state index is 13.7. The molecule has 0 unspecified atom stereocenters. The van der Waals surface area contributed by atoms with E-state index in [2.05, 4.69) is 20.5 Å².